The molecule has 1 saturated heterocycles. The van der Waals surface area contributed by atoms with Crippen LogP contribution < -0.4 is 4.90 Å². The van der Waals surface area contributed by atoms with Gasteiger partial charge in [0.15, 0.2) is 6.10 Å². The van der Waals surface area contributed by atoms with Crippen LogP contribution in [0.15, 0.2) is 36.7 Å². The second-order valence-corrected chi connectivity index (χ2v) is 6.67. The lowest BCUT2D eigenvalue weighted by atomic mass is 10.1. The van der Waals surface area contributed by atoms with Gasteiger partial charge in [-0.2, -0.15) is 0 Å². The number of aryl methyl sites for hydroxylation is 1. The molecule has 0 spiro atoms. The number of rotatable bonds is 5. The third-order valence-corrected chi connectivity index (χ3v) is 4.70. The number of anilines is 1. The molecule has 1 fully saturated rings. The molecule has 0 N–H and O–H groups in total. The van der Waals surface area contributed by atoms with Crippen molar-refractivity contribution in [1.29, 1.82) is 0 Å². The SMILES string of the molecule is Cc1ccc(C(=O)OC(C)C(=O)N2CCN(c3ncccn3)CC2)cc1[N+](=O)[O-]. The fourth-order valence-electron chi connectivity index (χ4n) is 3.05. The summed E-state index contributed by atoms with van der Waals surface area (Å²) >= 11 is 0. The van der Waals surface area contributed by atoms with Crippen molar-refractivity contribution in [2.24, 2.45) is 0 Å². The number of benzene rings is 1. The number of amides is 1. The number of nitrogens with zero attached hydrogens (tertiary/aromatic N) is 5. The lowest BCUT2D eigenvalue weighted by Gasteiger charge is -2.35. The van der Waals surface area contributed by atoms with E-state index in [-0.39, 0.29) is 17.2 Å². The van der Waals surface area contributed by atoms with Crippen molar-refractivity contribution in [1.82, 2.24) is 14.9 Å². The maximum absolute atomic E-state index is 12.6. The number of nitro groups is 1. The molecule has 152 valence electrons. The molecule has 0 aliphatic carbocycles. The highest BCUT2D eigenvalue weighted by atomic mass is 16.6. The molecule has 0 saturated carbocycles. The summed E-state index contributed by atoms with van der Waals surface area (Å²) in [6.07, 6.45) is 2.33. The van der Waals surface area contributed by atoms with Crippen LogP contribution in [0.25, 0.3) is 0 Å². The Labute approximate surface area is 167 Å². The first-order chi connectivity index (χ1) is 13.9. The summed E-state index contributed by atoms with van der Waals surface area (Å²) in [4.78, 5) is 47.4. The number of carbonyl (C=O) groups excluding carboxylic acids is 2. The van der Waals surface area contributed by atoms with Crippen molar-refractivity contribution in [3.63, 3.8) is 0 Å². The van der Waals surface area contributed by atoms with Gasteiger partial charge in [0, 0.05) is 50.2 Å². The first-order valence-electron chi connectivity index (χ1n) is 9.13. The summed E-state index contributed by atoms with van der Waals surface area (Å²) in [6, 6.07) is 5.82. The van der Waals surface area contributed by atoms with Crippen LogP contribution in [0.2, 0.25) is 0 Å². The predicted molar refractivity (Wildman–Crippen MR) is 104 cm³/mol. The van der Waals surface area contributed by atoms with E-state index in [2.05, 4.69) is 9.97 Å². The summed E-state index contributed by atoms with van der Waals surface area (Å²) in [5.74, 6) is -0.473. The minimum atomic E-state index is -0.998. The number of piperazine rings is 1. The van der Waals surface area contributed by atoms with Gasteiger partial charge in [0.1, 0.15) is 0 Å². The summed E-state index contributed by atoms with van der Waals surface area (Å²) in [7, 11) is 0. The minimum Gasteiger partial charge on any atom is -0.449 e. The molecule has 1 aromatic heterocycles. The largest absolute Gasteiger partial charge is 0.449 e. The van der Waals surface area contributed by atoms with Crippen molar-refractivity contribution in [2.45, 2.75) is 20.0 Å². The Hall–Kier alpha value is -3.56. The summed E-state index contributed by atoms with van der Waals surface area (Å²) in [6.45, 7) is 5.13. The van der Waals surface area contributed by atoms with E-state index < -0.39 is 17.0 Å². The quantitative estimate of drug-likeness (QED) is 0.422. The molecule has 1 amide bonds. The highest BCUT2D eigenvalue weighted by Gasteiger charge is 2.28. The van der Waals surface area contributed by atoms with Gasteiger partial charge in [0.2, 0.25) is 5.95 Å². The van der Waals surface area contributed by atoms with Gasteiger partial charge in [-0.3, -0.25) is 14.9 Å². The number of esters is 1. The second kappa shape index (κ2) is 8.63. The number of hydrogen-bond donors (Lipinski definition) is 0. The van der Waals surface area contributed by atoms with E-state index in [1.165, 1.54) is 19.1 Å². The summed E-state index contributed by atoms with van der Waals surface area (Å²) < 4.78 is 5.25. The zero-order chi connectivity index (χ0) is 21.0. The van der Waals surface area contributed by atoms with Crippen LogP contribution in [0, 0.1) is 17.0 Å². The topological polar surface area (TPSA) is 119 Å². The van der Waals surface area contributed by atoms with Crippen LogP contribution in [0.1, 0.15) is 22.8 Å². The normalized spacial score (nSPS) is 15.0. The van der Waals surface area contributed by atoms with Crippen molar-refractivity contribution in [2.75, 3.05) is 31.1 Å². The minimum absolute atomic E-state index is 0.0352. The first kappa shape index (κ1) is 20.2. The molecule has 1 aromatic carbocycles. The van der Waals surface area contributed by atoms with Gasteiger partial charge < -0.3 is 14.5 Å². The van der Waals surface area contributed by atoms with Crippen LogP contribution >= 0.6 is 0 Å². The Morgan fingerprint density at radius 1 is 1.17 bits per heavy atom. The maximum atomic E-state index is 12.6. The predicted octanol–water partition coefficient (Wildman–Crippen LogP) is 1.59. The van der Waals surface area contributed by atoms with Gasteiger partial charge in [-0.25, -0.2) is 14.8 Å². The maximum Gasteiger partial charge on any atom is 0.339 e. The Morgan fingerprint density at radius 2 is 1.83 bits per heavy atom. The molecule has 29 heavy (non-hydrogen) atoms. The zero-order valence-electron chi connectivity index (χ0n) is 16.1. The van der Waals surface area contributed by atoms with Gasteiger partial charge in [-0.15, -0.1) is 0 Å². The Bertz CT molecular complexity index is 912. The van der Waals surface area contributed by atoms with Crippen LogP contribution in [-0.2, 0) is 9.53 Å². The number of carbonyl (C=O) groups is 2. The average Bonchev–Trinajstić information content (AvgIpc) is 2.74. The molecule has 2 heterocycles. The first-order valence-corrected chi connectivity index (χ1v) is 9.13. The van der Waals surface area contributed by atoms with Gasteiger partial charge in [-0.1, -0.05) is 6.07 Å². The van der Waals surface area contributed by atoms with Crippen LogP contribution in [0.5, 0.6) is 0 Å². The average molecular weight is 399 g/mol. The molecular weight excluding hydrogens is 378 g/mol. The van der Waals surface area contributed by atoms with E-state index in [0.29, 0.717) is 37.7 Å². The van der Waals surface area contributed by atoms with Crippen LogP contribution in [0.3, 0.4) is 0 Å². The lowest BCUT2D eigenvalue weighted by molar-refractivity contribution is -0.385. The molecule has 3 rings (SSSR count). The molecule has 0 bridgehead atoms. The van der Waals surface area contributed by atoms with Gasteiger partial charge >= 0.3 is 5.97 Å². The standard InChI is InChI=1S/C19H21N5O5/c1-13-4-5-15(12-16(13)24(27)28)18(26)29-14(2)17(25)22-8-10-23(11-9-22)19-20-6-3-7-21-19/h3-7,12,14H,8-11H2,1-2H3. The van der Waals surface area contributed by atoms with E-state index >= 15 is 0 Å². The molecular formula is C19H21N5O5. The lowest BCUT2D eigenvalue weighted by Crippen LogP contribution is -2.52. The van der Waals surface area contributed by atoms with Crippen molar-refractivity contribution >= 4 is 23.5 Å². The highest BCUT2D eigenvalue weighted by Crippen LogP contribution is 2.20. The number of hydrogen-bond acceptors (Lipinski definition) is 8. The molecule has 1 aliphatic heterocycles. The molecule has 2 aromatic rings. The van der Waals surface area contributed by atoms with Crippen molar-refractivity contribution in [3.8, 4) is 0 Å². The third kappa shape index (κ3) is 4.65. The fourth-order valence-corrected chi connectivity index (χ4v) is 3.05. The van der Waals surface area contributed by atoms with E-state index in [1.54, 1.807) is 30.3 Å². The van der Waals surface area contributed by atoms with Gasteiger partial charge in [-0.05, 0) is 26.0 Å². The van der Waals surface area contributed by atoms with Crippen molar-refractivity contribution in [3.05, 3.63) is 57.9 Å². The van der Waals surface area contributed by atoms with E-state index in [9.17, 15) is 19.7 Å². The van der Waals surface area contributed by atoms with E-state index in [1.807, 2.05) is 4.90 Å². The smallest absolute Gasteiger partial charge is 0.339 e. The molecule has 10 heteroatoms. The molecule has 1 atom stereocenters. The van der Waals surface area contributed by atoms with Gasteiger partial charge in [0.25, 0.3) is 11.6 Å². The highest BCUT2D eigenvalue weighted by molar-refractivity contribution is 5.93. The Morgan fingerprint density at radius 3 is 2.45 bits per heavy atom. The molecule has 0 radical (unpaired) electrons. The zero-order valence-corrected chi connectivity index (χ0v) is 16.1. The number of ether oxygens (including phenoxy) is 1. The fraction of sp³-hybridized carbons (Fsp3) is 0.368. The Kier molecular flexibility index (Phi) is 6.01. The molecule has 1 aliphatic rings. The van der Waals surface area contributed by atoms with Gasteiger partial charge in [0.05, 0.1) is 10.5 Å². The van der Waals surface area contributed by atoms with E-state index in [0.717, 1.165) is 6.07 Å². The second-order valence-electron chi connectivity index (χ2n) is 6.67. The molecule has 1 unspecified atom stereocenters. The number of aromatic nitrogens is 2. The van der Waals surface area contributed by atoms with Crippen LogP contribution in [0.4, 0.5) is 11.6 Å². The number of nitro benzene ring substituents is 1. The summed E-state index contributed by atoms with van der Waals surface area (Å²) in [5, 5.41) is 11.0. The van der Waals surface area contributed by atoms with Crippen LogP contribution in [-0.4, -0.2) is 64.0 Å². The summed E-state index contributed by atoms with van der Waals surface area (Å²) in [5.41, 5.74) is 0.307. The van der Waals surface area contributed by atoms with E-state index in [4.69, 9.17) is 4.74 Å². The third-order valence-electron chi connectivity index (χ3n) is 4.70. The van der Waals surface area contributed by atoms with Crippen molar-refractivity contribution < 1.29 is 19.2 Å². The Balaban J connectivity index is 1.58. The monoisotopic (exact) mass is 399 g/mol. The molecule has 10 nitrogen and oxygen atoms in total.